The maximum atomic E-state index is 12.5. The van der Waals surface area contributed by atoms with Crippen LogP contribution in [0.15, 0.2) is 54.4 Å². The van der Waals surface area contributed by atoms with Gasteiger partial charge in [-0.25, -0.2) is 9.97 Å². The summed E-state index contributed by atoms with van der Waals surface area (Å²) < 4.78 is 0. The van der Waals surface area contributed by atoms with E-state index in [0.29, 0.717) is 18.2 Å². The largest absolute Gasteiger partial charge is 0.361 e. The molecule has 29 heavy (non-hydrogen) atoms. The fourth-order valence-corrected chi connectivity index (χ4v) is 3.78. The van der Waals surface area contributed by atoms with Gasteiger partial charge < -0.3 is 15.6 Å². The second-order valence-corrected chi connectivity index (χ2v) is 7.42. The van der Waals surface area contributed by atoms with Gasteiger partial charge in [0.25, 0.3) is 5.91 Å². The minimum atomic E-state index is -0.176. The standard InChI is InChI=1S/C23H27N5O/c29-22(24-14-11-18-16-27-20-9-5-4-8-19(18)20)21-12-15-26-23(28-21)25-13-10-17-6-2-1-3-7-17/h4-6,8-9,12,15-16,27H,1-3,7,10-11,13-14H2,(H,24,29)(H,25,26,28). The van der Waals surface area contributed by atoms with Crippen LogP contribution in [-0.4, -0.2) is 33.9 Å². The Morgan fingerprint density at radius 1 is 1.10 bits per heavy atom. The second kappa shape index (κ2) is 9.37. The molecule has 1 aliphatic rings. The van der Waals surface area contributed by atoms with Crippen molar-refractivity contribution >= 4 is 22.8 Å². The molecule has 1 amide bonds. The highest BCUT2D eigenvalue weighted by molar-refractivity contribution is 5.92. The second-order valence-electron chi connectivity index (χ2n) is 7.42. The van der Waals surface area contributed by atoms with E-state index in [2.05, 4.69) is 43.8 Å². The van der Waals surface area contributed by atoms with E-state index < -0.39 is 0 Å². The Morgan fingerprint density at radius 2 is 2.03 bits per heavy atom. The molecular formula is C23H27N5O. The molecule has 0 saturated carbocycles. The molecule has 0 fully saturated rings. The summed E-state index contributed by atoms with van der Waals surface area (Å²) in [5.74, 6) is 0.330. The van der Waals surface area contributed by atoms with Crippen LogP contribution >= 0.6 is 0 Å². The molecule has 2 heterocycles. The van der Waals surface area contributed by atoms with Crippen LogP contribution in [0.4, 0.5) is 5.95 Å². The molecule has 3 aromatic rings. The smallest absolute Gasteiger partial charge is 0.270 e. The van der Waals surface area contributed by atoms with Crippen molar-refractivity contribution in [3.8, 4) is 0 Å². The third kappa shape index (κ3) is 5.02. The predicted molar refractivity (Wildman–Crippen MR) is 116 cm³/mol. The van der Waals surface area contributed by atoms with Crippen molar-refractivity contribution in [1.29, 1.82) is 0 Å². The number of amides is 1. The highest BCUT2D eigenvalue weighted by Crippen LogP contribution is 2.20. The van der Waals surface area contributed by atoms with Crippen molar-refractivity contribution in [2.75, 3.05) is 18.4 Å². The maximum Gasteiger partial charge on any atom is 0.270 e. The number of fused-ring (bicyclic) bond motifs is 1. The summed E-state index contributed by atoms with van der Waals surface area (Å²) in [4.78, 5) is 24.3. The maximum absolute atomic E-state index is 12.5. The number of nitrogens with zero attached hydrogens (tertiary/aromatic N) is 2. The van der Waals surface area contributed by atoms with Crippen LogP contribution in [0.5, 0.6) is 0 Å². The number of nitrogens with one attached hydrogen (secondary N) is 3. The molecule has 6 heteroatoms. The van der Waals surface area contributed by atoms with Crippen molar-refractivity contribution < 1.29 is 4.79 Å². The number of H-pyrrole nitrogens is 1. The van der Waals surface area contributed by atoms with E-state index >= 15 is 0 Å². The van der Waals surface area contributed by atoms with Gasteiger partial charge in [-0.1, -0.05) is 29.8 Å². The van der Waals surface area contributed by atoms with Crippen molar-refractivity contribution in [3.63, 3.8) is 0 Å². The lowest BCUT2D eigenvalue weighted by Crippen LogP contribution is -2.27. The molecule has 0 saturated heterocycles. The van der Waals surface area contributed by atoms with Gasteiger partial charge in [-0.15, -0.1) is 0 Å². The number of aromatic nitrogens is 3. The van der Waals surface area contributed by atoms with Gasteiger partial charge in [-0.2, -0.15) is 0 Å². The molecule has 1 aromatic carbocycles. The number of hydrogen-bond acceptors (Lipinski definition) is 4. The Balaban J connectivity index is 1.27. The van der Waals surface area contributed by atoms with Crippen molar-refractivity contribution in [3.05, 3.63) is 65.6 Å². The van der Waals surface area contributed by atoms with E-state index in [4.69, 9.17) is 0 Å². The Bertz CT molecular complexity index is 1010. The van der Waals surface area contributed by atoms with E-state index in [1.54, 1.807) is 12.3 Å². The predicted octanol–water partition coefficient (Wildman–Crippen LogP) is 4.23. The number of para-hydroxylation sites is 1. The van der Waals surface area contributed by atoms with Gasteiger partial charge in [0, 0.05) is 36.4 Å². The molecule has 3 N–H and O–H groups in total. The van der Waals surface area contributed by atoms with Gasteiger partial charge in [0.1, 0.15) is 5.69 Å². The van der Waals surface area contributed by atoms with Crippen LogP contribution < -0.4 is 10.6 Å². The van der Waals surface area contributed by atoms with Crippen LogP contribution in [0.1, 0.15) is 48.2 Å². The normalized spacial score (nSPS) is 13.9. The lowest BCUT2D eigenvalue weighted by Gasteiger charge is -2.13. The summed E-state index contributed by atoms with van der Waals surface area (Å²) in [6.07, 6.45) is 12.7. The molecule has 6 nitrogen and oxygen atoms in total. The Kier molecular flexibility index (Phi) is 6.19. The zero-order valence-electron chi connectivity index (χ0n) is 16.6. The molecule has 0 aliphatic heterocycles. The summed E-state index contributed by atoms with van der Waals surface area (Å²) in [5, 5.41) is 7.39. The number of hydrogen-bond donors (Lipinski definition) is 3. The molecule has 150 valence electrons. The summed E-state index contributed by atoms with van der Waals surface area (Å²) in [6, 6.07) is 9.83. The van der Waals surface area contributed by atoms with E-state index in [-0.39, 0.29) is 5.91 Å². The zero-order valence-corrected chi connectivity index (χ0v) is 16.6. The lowest BCUT2D eigenvalue weighted by atomic mass is 9.97. The Labute approximate surface area is 170 Å². The van der Waals surface area contributed by atoms with Crippen molar-refractivity contribution in [1.82, 2.24) is 20.3 Å². The minimum Gasteiger partial charge on any atom is -0.361 e. The van der Waals surface area contributed by atoms with Gasteiger partial charge in [0.15, 0.2) is 0 Å². The summed E-state index contributed by atoms with van der Waals surface area (Å²) >= 11 is 0. The van der Waals surface area contributed by atoms with E-state index in [1.165, 1.54) is 42.2 Å². The lowest BCUT2D eigenvalue weighted by molar-refractivity contribution is 0.0949. The molecule has 0 bridgehead atoms. The van der Waals surface area contributed by atoms with Crippen LogP contribution in [0.2, 0.25) is 0 Å². The number of benzene rings is 1. The van der Waals surface area contributed by atoms with Gasteiger partial charge in [-0.05, 0) is 56.2 Å². The van der Waals surface area contributed by atoms with Crippen LogP contribution in [-0.2, 0) is 6.42 Å². The zero-order chi connectivity index (χ0) is 19.9. The Morgan fingerprint density at radius 3 is 2.93 bits per heavy atom. The highest BCUT2D eigenvalue weighted by atomic mass is 16.1. The van der Waals surface area contributed by atoms with Crippen LogP contribution in [0.3, 0.4) is 0 Å². The first-order chi connectivity index (χ1) is 14.3. The molecule has 0 spiro atoms. The number of allylic oxidation sites excluding steroid dienone is 1. The molecular weight excluding hydrogens is 362 g/mol. The first-order valence-electron chi connectivity index (χ1n) is 10.4. The summed E-state index contributed by atoms with van der Waals surface area (Å²) in [7, 11) is 0. The van der Waals surface area contributed by atoms with E-state index in [9.17, 15) is 4.79 Å². The average Bonchev–Trinajstić information content (AvgIpc) is 3.18. The van der Waals surface area contributed by atoms with Crippen molar-refractivity contribution in [2.24, 2.45) is 0 Å². The summed E-state index contributed by atoms with van der Waals surface area (Å²) in [5.41, 5.74) is 4.21. The number of anilines is 1. The third-order valence-electron chi connectivity index (χ3n) is 5.36. The van der Waals surface area contributed by atoms with Gasteiger partial charge in [-0.3, -0.25) is 4.79 Å². The van der Waals surface area contributed by atoms with Crippen molar-refractivity contribution in [2.45, 2.75) is 38.5 Å². The fourth-order valence-electron chi connectivity index (χ4n) is 3.78. The number of carbonyl (C=O) groups is 1. The van der Waals surface area contributed by atoms with E-state index in [0.717, 1.165) is 24.9 Å². The van der Waals surface area contributed by atoms with Crippen LogP contribution in [0, 0.1) is 0 Å². The minimum absolute atomic E-state index is 0.176. The number of rotatable bonds is 8. The molecule has 0 atom stereocenters. The molecule has 0 unspecified atom stereocenters. The fraction of sp³-hybridized carbons (Fsp3) is 0.348. The first-order valence-corrected chi connectivity index (χ1v) is 10.4. The monoisotopic (exact) mass is 389 g/mol. The molecule has 2 aromatic heterocycles. The topological polar surface area (TPSA) is 82.7 Å². The first kappa shape index (κ1) is 19.2. The SMILES string of the molecule is O=C(NCCc1c[nH]c2ccccc12)c1ccnc(NCCC2=CCCCC2)n1. The van der Waals surface area contributed by atoms with Gasteiger partial charge in [0.2, 0.25) is 5.95 Å². The quantitative estimate of drug-likeness (QED) is 0.504. The molecule has 0 radical (unpaired) electrons. The molecule has 1 aliphatic carbocycles. The van der Waals surface area contributed by atoms with Gasteiger partial charge >= 0.3 is 0 Å². The van der Waals surface area contributed by atoms with Gasteiger partial charge in [0.05, 0.1) is 0 Å². The number of aromatic amines is 1. The van der Waals surface area contributed by atoms with E-state index in [1.807, 2.05) is 18.3 Å². The summed E-state index contributed by atoms with van der Waals surface area (Å²) in [6.45, 7) is 1.35. The average molecular weight is 390 g/mol. The molecule has 4 rings (SSSR count). The van der Waals surface area contributed by atoms with Crippen LogP contribution in [0.25, 0.3) is 10.9 Å². The Hall–Kier alpha value is -3.15. The number of carbonyl (C=O) groups excluding carboxylic acids is 1. The third-order valence-corrected chi connectivity index (χ3v) is 5.36. The highest BCUT2D eigenvalue weighted by Gasteiger charge is 2.10.